The van der Waals surface area contributed by atoms with E-state index in [1.165, 1.54) is 44.0 Å². The Labute approximate surface area is 167 Å². The number of rotatable bonds is 5. The van der Waals surface area contributed by atoms with Gasteiger partial charge in [0.25, 0.3) is 0 Å². The van der Waals surface area contributed by atoms with Crippen molar-refractivity contribution in [3.8, 4) is 0 Å². The molecule has 1 aliphatic carbocycles. The highest BCUT2D eigenvalue weighted by atomic mass is 127. The van der Waals surface area contributed by atoms with Crippen molar-refractivity contribution in [1.29, 1.82) is 0 Å². The average Bonchev–Trinajstić information content (AvgIpc) is 2.74. The first-order chi connectivity index (χ1) is 11.7. The van der Waals surface area contributed by atoms with Crippen LogP contribution in [0, 0.1) is 6.92 Å². The van der Waals surface area contributed by atoms with E-state index < -0.39 is 0 Å². The number of aliphatic imine (C=N–C) groups is 1. The Balaban J connectivity index is 0.00000225. The molecule has 0 atom stereocenters. The Morgan fingerprint density at radius 2 is 1.96 bits per heavy atom. The summed E-state index contributed by atoms with van der Waals surface area (Å²) in [4.78, 5) is 9.11. The zero-order valence-corrected chi connectivity index (χ0v) is 17.4. The lowest BCUT2D eigenvalue weighted by atomic mass is 10.1. The van der Waals surface area contributed by atoms with E-state index in [1.54, 1.807) is 0 Å². The summed E-state index contributed by atoms with van der Waals surface area (Å²) >= 11 is 0. The van der Waals surface area contributed by atoms with Crippen molar-refractivity contribution >= 4 is 41.0 Å². The van der Waals surface area contributed by atoms with Crippen LogP contribution in [-0.2, 0) is 6.54 Å². The fourth-order valence-electron chi connectivity index (χ4n) is 3.59. The van der Waals surface area contributed by atoms with E-state index in [2.05, 4.69) is 45.0 Å². The van der Waals surface area contributed by atoms with E-state index in [-0.39, 0.29) is 24.0 Å². The molecule has 0 unspecified atom stereocenters. The van der Waals surface area contributed by atoms with E-state index in [1.807, 2.05) is 6.07 Å². The maximum Gasteiger partial charge on any atom is 0.188 e. The van der Waals surface area contributed by atoms with E-state index in [9.17, 15) is 0 Å². The van der Waals surface area contributed by atoms with E-state index in [4.69, 9.17) is 5.73 Å². The van der Waals surface area contributed by atoms with Crippen LogP contribution < -0.4 is 11.1 Å². The largest absolute Gasteiger partial charge is 0.370 e. The maximum atomic E-state index is 6.06. The van der Waals surface area contributed by atoms with Crippen LogP contribution in [-0.4, -0.2) is 28.1 Å². The number of halogens is 1. The molecule has 25 heavy (non-hydrogen) atoms. The molecule has 6 heteroatoms. The summed E-state index contributed by atoms with van der Waals surface area (Å²) in [5.41, 5.74) is 8.32. The minimum Gasteiger partial charge on any atom is -0.370 e. The van der Waals surface area contributed by atoms with Crippen LogP contribution >= 0.6 is 24.0 Å². The smallest absolute Gasteiger partial charge is 0.188 e. The fraction of sp³-hybridized carbons (Fsp3) is 0.579. The van der Waals surface area contributed by atoms with Crippen LogP contribution in [0.25, 0.3) is 11.0 Å². The number of aryl methyl sites for hydroxylation is 2. The Bertz CT molecular complexity index is 686. The molecular weight excluding hydrogens is 425 g/mol. The van der Waals surface area contributed by atoms with Crippen molar-refractivity contribution in [1.82, 2.24) is 14.9 Å². The Hall–Kier alpha value is -1.31. The number of nitrogens with two attached hydrogens (primary N) is 1. The highest BCUT2D eigenvalue weighted by Gasteiger charge is 2.12. The van der Waals surface area contributed by atoms with Crippen LogP contribution in [0.1, 0.15) is 50.8 Å². The van der Waals surface area contributed by atoms with Crippen LogP contribution in [0.2, 0.25) is 0 Å². The quantitative estimate of drug-likeness (QED) is 0.236. The van der Waals surface area contributed by atoms with Gasteiger partial charge in [0.1, 0.15) is 5.82 Å². The number of nitrogens with zero attached hydrogens (tertiary/aromatic N) is 3. The third-order valence-corrected chi connectivity index (χ3v) is 4.87. The number of guanidine groups is 1. The number of imidazole rings is 1. The standard InChI is InChI=1S/C19H29N5.HI/c1-15-22-17-11-6-7-12-18(17)24(15)14-8-13-21-19(20)23-16-9-4-2-3-5-10-16;/h6-7,11-12,16H,2-5,8-10,13-14H2,1H3,(H3,20,21,23);1H. The first-order valence-corrected chi connectivity index (χ1v) is 9.22. The summed E-state index contributed by atoms with van der Waals surface area (Å²) in [5, 5.41) is 3.40. The van der Waals surface area contributed by atoms with Gasteiger partial charge in [0.15, 0.2) is 5.96 Å². The van der Waals surface area contributed by atoms with Crippen LogP contribution in [0.15, 0.2) is 29.3 Å². The number of benzene rings is 1. The van der Waals surface area contributed by atoms with Crippen molar-refractivity contribution in [3.63, 3.8) is 0 Å². The van der Waals surface area contributed by atoms with Gasteiger partial charge in [0, 0.05) is 19.1 Å². The zero-order chi connectivity index (χ0) is 16.8. The average molecular weight is 455 g/mol. The fourth-order valence-corrected chi connectivity index (χ4v) is 3.59. The second-order valence-corrected chi connectivity index (χ2v) is 6.75. The number of hydrogen-bond acceptors (Lipinski definition) is 2. The summed E-state index contributed by atoms with van der Waals surface area (Å²) < 4.78 is 2.26. The van der Waals surface area contributed by atoms with E-state index in [0.717, 1.165) is 30.9 Å². The van der Waals surface area contributed by atoms with Gasteiger partial charge in [-0.3, -0.25) is 4.99 Å². The normalized spacial score (nSPS) is 16.4. The second kappa shape index (κ2) is 9.99. The van der Waals surface area contributed by atoms with Gasteiger partial charge in [-0.2, -0.15) is 0 Å². The van der Waals surface area contributed by atoms with Crippen LogP contribution in [0.3, 0.4) is 0 Å². The zero-order valence-electron chi connectivity index (χ0n) is 15.1. The predicted molar refractivity (Wildman–Crippen MR) is 116 cm³/mol. The molecule has 1 saturated carbocycles. The Morgan fingerprint density at radius 1 is 1.24 bits per heavy atom. The lowest BCUT2D eigenvalue weighted by Crippen LogP contribution is -2.39. The summed E-state index contributed by atoms with van der Waals surface area (Å²) in [6.45, 7) is 3.73. The first-order valence-electron chi connectivity index (χ1n) is 9.22. The third-order valence-electron chi connectivity index (χ3n) is 4.87. The predicted octanol–water partition coefficient (Wildman–Crippen LogP) is 3.98. The monoisotopic (exact) mass is 455 g/mol. The SMILES string of the molecule is Cc1nc2ccccc2n1CCCN=C(N)NC1CCCCCC1.I. The minimum absolute atomic E-state index is 0. The third kappa shape index (κ3) is 5.59. The van der Waals surface area contributed by atoms with Crippen molar-refractivity contribution in [3.05, 3.63) is 30.1 Å². The van der Waals surface area contributed by atoms with Gasteiger partial charge in [0.2, 0.25) is 0 Å². The van der Waals surface area contributed by atoms with Gasteiger partial charge < -0.3 is 15.6 Å². The molecule has 1 aromatic heterocycles. The summed E-state index contributed by atoms with van der Waals surface area (Å²) in [6, 6.07) is 8.79. The molecule has 3 N–H and O–H groups in total. The maximum absolute atomic E-state index is 6.06. The minimum atomic E-state index is 0. The molecule has 0 amide bonds. The molecule has 1 aliphatic rings. The van der Waals surface area contributed by atoms with Gasteiger partial charge in [-0.1, -0.05) is 37.8 Å². The Kier molecular flexibility index (Phi) is 7.99. The van der Waals surface area contributed by atoms with Gasteiger partial charge in [-0.15, -0.1) is 24.0 Å². The molecule has 1 aromatic carbocycles. The molecule has 3 rings (SSSR count). The van der Waals surface area contributed by atoms with Crippen LogP contribution in [0.5, 0.6) is 0 Å². The molecule has 5 nitrogen and oxygen atoms in total. The van der Waals surface area contributed by atoms with Gasteiger partial charge in [-0.05, 0) is 38.3 Å². The van der Waals surface area contributed by atoms with Crippen molar-refractivity contribution < 1.29 is 0 Å². The van der Waals surface area contributed by atoms with Crippen molar-refractivity contribution in [2.45, 2.75) is 64.5 Å². The molecule has 0 spiro atoms. The number of aromatic nitrogens is 2. The Morgan fingerprint density at radius 3 is 2.72 bits per heavy atom. The summed E-state index contributed by atoms with van der Waals surface area (Å²) in [6.07, 6.45) is 8.72. The van der Waals surface area contributed by atoms with E-state index >= 15 is 0 Å². The number of fused-ring (bicyclic) bond motifs is 1. The molecule has 2 aromatic rings. The van der Waals surface area contributed by atoms with Gasteiger partial charge >= 0.3 is 0 Å². The number of nitrogens with one attached hydrogen (secondary N) is 1. The summed E-state index contributed by atoms with van der Waals surface area (Å²) in [5.74, 6) is 1.67. The topological polar surface area (TPSA) is 68.2 Å². The lowest BCUT2D eigenvalue weighted by Gasteiger charge is -2.16. The highest BCUT2D eigenvalue weighted by Crippen LogP contribution is 2.17. The highest BCUT2D eigenvalue weighted by molar-refractivity contribution is 14.0. The number of para-hydroxylation sites is 2. The van der Waals surface area contributed by atoms with Crippen molar-refractivity contribution in [2.75, 3.05) is 6.54 Å². The van der Waals surface area contributed by atoms with Crippen LogP contribution in [0.4, 0.5) is 0 Å². The van der Waals surface area contributed by atoms with Gasteiger partial charge in [0.05, 0.1) is 11.0 Å². The summed E-state index contributed by atoms with van der Waals surface area (Å²) in [7, 11) is 0. The van der Waals surface area contributed by atoms with E-state index in [0.29, 0.717) is 12.0 Å². The molecule has 0 radical (unpaired) electrons. The molecule has 0 saturated heterocycles. The molecular formula is C19H30IN5. The molecule has 1 heterocycles. The molecule has 138 valence electrons. The first kappa shape index (κ1) is 20.0. The van der Waals surface area contributed by atoms with Gasteiger partial charge in [-0.25, -0.2) is 4.98 Å². The van der Waals surface area contributed by atoms with Crippen molar-refractivity contribution in [2.24, 2.45) is 10.7 Å². The molecule has 0 bridgehead atoms. The lowest BCUT2D eigenvalue weighted by molar-refractivity contribution is 0.529. The molecule has 1 fully saturated rings. The second-order valence-electron chi connectivity index (χ2n) is 6.75. The molecule has 0 aliphatic heterocycles. The number of hydrogen-bond donors (Lipinski definition) is 2.